The van der Waals surface area contributed by atoms with Crippen LogP contribution in [0, 0.1) is 5.92 Å². The Labute approximate surface area is 126 Å². The number of H-pyrrole nitrogens is 1. The second-order valence-electron chi connectivity index (χ2n) is 6.20. The quantitative estimate of drug-likeness (QED) is 0.844. The van der Waals surface area contributed by atoms with E-state index < -0.39 is 0 Å². The zero-order chi connectivity index (χ0) is 14.5. The fourth-order valence-electron chi connectivity index (χ4n) is 3.15. The summed E-state index contributed by atoms with van der Waals surface area (Å²) in [5.74, 6) is 0.886. The van der Waals surface area contributed by atoms with Crippen LogP contribution >= 0.6 is 0 Å². The summed E-state index contributed by atoms with van der Waals surface area (Å²) in [6, 6.07) is 4.67. The monoisotopic (exact) mass is 284 g/mol. The lowest BCUT2D eigenvalue weighted by Crippen LogP contribution is -2.28. The van der Waals surface area contributed by atoms with Gasteiger partial charge < -0.3 is 5.32 Å². The van der Waals surface area contributed by atoms with Crippen LogP contribution in [0.25, 0.3) is 11.3 Å². The summed E-state index contributed by atoms with van der Waals surface area (Å²) < 4.78 is 0. The maximum atomic E-state index is 4.20. The summed E-state index contributed by atoms with van der Waals surface area (Å²) in [6.45, 7) is 3.25. The number of aromatic nitrogens is 3. The summed E-state index contributed by atoms with van der Waals surface area (Å²) in [5.41, 5.74) is 3.40. The largest absolute Gasteiger partial charge is 0.310 e. The van der Waals surface area contributed by atoms with Gasteiger partial charge in [-0.3, -0.25) is 10.1 Å². The van der Waals surface area contributed by atoms with Crippen LogP contribution in [0.5, 0.6) is 0 Å². The second-order valence-corrected chi connectivity index (χ2v) is 6.20. The highest BCUT2D eigenvalue weighted by Crippen LogP contribution is 2.24. The van der Waals surface area contributed by atoms with E-state index in [-0.39, 0.29) is 0 Å². The lowest BCUT2D eigenvalue weighted by Gasteiger charge is -2.16. The van der Waals surface area contributed by atoms with Gasteiger partial charge >= 0.3 is 0 Å². The molecule has 4 heteroatoms. The number of aromatic amines is 1. The summed E-state index contributed by atoms with van der Waals surface area (Å²) in [4.78, 5) is 4.18. The van der Waals surface area contributed by atoms with Gasteiger partial charge in [-0.15, -0.1) is 0 Å². The Balaban J connectivity index is 1.62. The summed E-state index contributed by atoms with van der Waals surface area (Å²) >= 11 is 0. The Morgan fingerprint density at radius 1 is 1.24 bits per heavy atom. The van der Waals surface area contributed by atoms with E-state index in [9.17, 15) is 0 Å². The van der Waals surface area contributed by atoms with Crippen molar-refractivity contribution in [1.29, 1.82) is 0 Å². The average molecular weight is 284 g/mol. The van der Waals surface area contributed by atoms with Gasteiger partial charge in [0.1, 0.15) is 0 Å². The van der Waals surface area contributed by atoms with E-state index in [2.05, 4.69) is 33.5 Å². The first-order chi connectivity index (χ1) is 10.3. The van der Waals surface area contributed by atoms with E-state index in [1.165, 1.54) is 37.7 Å². The molecule has 0 radical (unpaired) electrons. The molecule has 1 saturated carbocycles. The molecule has 2 atom stereocenters. The molecule has 2 aromatic heterocycles. The number of nitrogens with one attached hydrogen (secondary N) is 2. The van der Waals surface area contributed by atoms with Gasteiger partial charge in [-0.2, -0.15) is 5.10 Å². The van der Waals surface area contributed by atoms with Gasteiger partial charge in [-0.1, -0.05) is 19.8 Å². The third-order valence-corrected chi connectivity index (χ3v) is 4.51. The van der Waals surface area contributed by atoms with Crippen LogP contribution in [0.3, 0.4) is 0 Å². The van der Waals surface area contributed by atoms with Crippen molar-refractivity contribution in [3.8, 4) is 11.3 Å². The molecular formula is C17H24N4. The van der Waals surface area contributed by atoms with Crippen molar-refractivity contribution in [1.82, 2.24) is 20.5 Å². The minimum absolute atomic E-state index is 0.645. The molecule has 0 spiro atoms. The lowest BCUT2D eigenvalue weighted by molar-refractivity contribution is 0.447. The van der Waals surface area contributed by atoms with Crippen LogP contribution in [-0.2, 0) is 6.54 Å². The molecule has 112 valence electrons. The minimum Gasteiger partial charge on any atom is -0.310 e. The highest BCUT2D eigenvalue weighted by Gasteiger charge is 2.16. The first kappa shape index (κ1) is 14.3. The van der Waals surface area contributed by atoms with Gasteiger partial charge in [-0.25, -0.2) is 0 Å². The molecule has 2 heterocycles. The van der Waals surface area contributed by atoms with Crippen LogP contribution in [0.15, 0.2) is 30.7 Å². The van der Waals surface area contributed by atoms with E-state index >= 15 is 0 Å². The predicted molar refractivity (Wildman–Crippen MR) is 84.7 cm³/mol. The molecule has 21 heavy (non-hydrogen) atoms. The molecule has 1 aliphatic rings. The van der Waals surface area contributed by atoms with Crippen molar-refractivity contribution in [2.75, 3.05) is 0 Å². The fourth-order valence-corrected chi connectivity index (χ4v) is 3.15. The Morgan fingerprint density at radius 3 is 3.05 bits per heavy atom. The second kappa shape index (κ2) is 6.85. The highest BCUT2D eigenvalue weighted by molar-refractivity contribution is 5.61. The van der Waals surface area contributed by atoms with Crippen molar-refractivity contribution < 1.29 is 0 Å². The maximum absolute atomic E-state index is 4.20. The maximum Gasteiger partial charge on any atom is 0.0710 e. The Kier molecular flexibility index (Phi) is 4.65. The first-order valence-corrected chi connectivity index (χ1v) is 7.99. The van der Waals surface area contributed by atoms with Crippen molar-refractivity contribution in [3.63, 3.8) is 0 Å². The molecule has 0 amide bonds. The van der Waals surface area contributed by atoms with Gasteiger partial charge in [0.15, 0.2) is 0 Å². The number of hydrogen-bond acceptors (Lipinski definition) is 3. The molecule has 3 rings (SSSR count). The van der Waals surface area contributed by atoms with Crippen molar-refractivity contribution in [3.05, 3.63) is 36.3 Å². The van der Waals surface area contributed by atoms with E-state index in [1.807, 2.05) is 18.5 Å². The van der Waals surface area contributed by atoms with Crippen LogP contribution in [-0.4, -0.2) is 21.2 Å². The van der Waals surface area contributed by atoms with Gasteiger partial charge in [0.2, 0.25) is 0 Å². The van der Waals surface area contributed by atoms with Crippen LogP contribution in [0.1, 0.15) is 44.6 Å². The molecule has 1 fully saturated rings. The molecule has 2 aromatic rings. The zero-order valence-electron chi connectivity index (χ0n) is 12.7. The van der Waals surface area contributed by atoms with Crippen molar-refractivity contribution >= 4 is 0 Å². The predicted octanol–water partition coefficient (Wildman–Crippen LogP) is 3.53. The molecule has 1 aliphatic carbocycles. The number of hydrogen-bond donors (Lipinski definition) is 2. The normalized spacial score (nSPS) is 22.9. The number of pyridine rings is 1. The van der Waals surface area contributed by atoms with E-state index in [0.29, 0.717) is 6.04 Å². The summed E-state index contributed by atoms with van der Waals surface area (Å²) in [5, 5.41) is 11.0. The topological polar surface area (TPSA) is 53.6 Å². The SMILES string of the molecule is CC1CCCC(NCc2cn[nH]c2-c2cccnc2)CC1. The Bertz CT molecular complexity index is 549. The van der Waals surface area contributed by atoms with Crippen molar-refractivity contribution in [2.24, 2.45) is 5.92 Å². The van der Waals surface area contributed by atoms with E-state index in [0.717, 1.165) is 23.7 Å². The zero-order valence-corrected chi connectivity index (χ0v) is 12.7. The van der Waals surface area contributed by atoms with Gasteiger partial charge in [0.25, 0.3) is 0 Å². The van der Waals surface area contributed by atoms with E-state index in [4.69, 9.17) is 0 Å². The average Bonchev–Trinajstić information content (AvgIpc) is 2.89. The highest BCUT2D eigenvalue weighted by atomic mass is 15.1. The van der Waals surface area contributed by atoms with Crippen LogP contribution < -0.4 is 5.32 Å². The molecule has 2 unspecified atom stereocenters. The molecule has 0 bridgehead atoms. The van der Waals surface area contributed by atoms with Gasteiger partial charge in [-0.05, 0) is 37.3 Å². The molecule has 0 aromatic carbocycles. The number of nitrogens with zero attached hydrogens (tertiary/aromatic N) is 2. The summed E-state index contributed by atoms with van der Waals surface area (Å²) in [7, 11) is 0. The Morgan fingerprint density at radius 2 is 2.19 bits per heavy atom. The van der Waals surface area contributed by atoms with Gasteiger partial charge in [0, 0.05) is 36.1 Å². The molecule has 2 N–H and O–H groups in total. The smallest absolute Gasteiger partial charge is 0.0710 e. The molecule has 0 saturated heterocycles. The third-order valence-electron chi connectivity index (χ3n) is 4.51. The number of rotatable bonds is 4. The van der Waals surface area contributed by atoms with Crippen LogP contribution in [0.4, 0.5) is 0 Å². The minimum atomic E-state index is 0.645. The van der Waals surface area contributed by atoms with E-state index in [1.54, 1.807) is 6.20 Å². The Hall–Kier alpha value is -1.68. The molecular weight excluding hydrogens is 260 g/mol. The fraction of sp³-hybridized carbons (Fsp3) is 0.529. The standard InChI is InChI=1S/C17H24N4/c1-13-4-2-6-16(8-7-13)19-11-15-12-20-21-17(15)14-5-3-9-18-10-14/h3,5,9-10,12-13,16,19H,2,4,6-8,11H2,1H3,(H,20,21). The molecule has 0 aliphatic heterocycles. The molecule has 4 nitrogen and oxygen atoms in total. The third kappa shape index (κ3) is 3.70. The first-order valence-electron chi connectivity index (χ1n) is 7.99. The van der Waals surface area contributed by atoms with Crippen molar-refractivity contribution in [2.45, 2.75) is 51.6 Å². The summed E-state index contributed by atoms with van der Waals surface area (Å²) in [6.07, 6.45) is 12.3. The van der Waals surface area contributed by atoms with Crippen LogP contribution in [0.2, 0.25) is 0 Å². The lowest BCUT2D eigenvalue weighted by atomic mass is 10.0. The van der Waals surface area contributed by atoms with Gasteiger partial charge in [0.05, 0.1) is 11.9 Å².